The van der Waals surface area contributed by atoms with E-state index < -0.39 is 0 Å². The Morgan fingerprint density at radius 1 is 1.57 bits per heavy atom. The van der Waals surface area contributed by atoms with Gasteiger partial charge in [-0.25, -0.2) is 11.0 Å². The quantitative estimate of drug-likeness (QED) is 0.360. The summed E-state index contributed by atoms with van der Waals surface area (Å²) in [7, 11) is 0. The number of rotatable bonds is 3. The first-order valence-electron chi connectivity index (χ1n) is 2.08. The van der Waals surface area contributed by atoms with E-state index in [1.165, 1.54) is 0 Å². The lowest BCUT2D eigenvalue weighted by atomic mass is 10.4. The summed E-state index contributed by atoms with van der Waals surface area (Å²) < 4.78 is 0. The third-order valence-corrected chi connectivity index (χ3v) is 0.618. The van der Waals surface area contributed by atoms with Crippen molar-refractivity contribution in [1.82, 2.24) is 11.0 Å². The van der Waals surface area contributed by atoms with Gasteiger partial charge in [-0.15, -0.1) is 0 Å². The minimum absolute atomic E-state index is 0.106. The highest BCUT2D eigenvalue weighted by atomic mass is 16.5. The normalized spacial score (nSPS) is 14.1. The topological polar surface area (TPSA) is 64.5 Å². The van der Waals surface area contributed by atoms with E-state index in [2.05, 4.69) is 0 Å². The molecule has 0 heterocycles. The zero-order valence-electron chi connectivity index (χ0n) is 4.18. The van der Waals surface area contributed by atoms with E-state index in [0.717, 1.165) is 0 Å². The zero-order valence-corrected chi connectivity index (χ0v) is 4.18. The second kappa shape index (κ2) is 4.01. The molecule has 0 saturated carbocycles. The van der Waals surface area contributed by atoms with Crippen molar-refractivity contribution in [2.75, 3.05) is 6.54 Å². The third-order valence-electron chi connectivity index (χ3n) is 0.618. The molecule has 0 amide bonds. The smallest absolute Gasteiger partial charge is 0.0439 e. The van der Waals surface area contributed by atoms with Crippen LogP contribution in [-0.4, -0.2) is 23.0 Å². The second-order valence-electron chi connectivity index (χ2n) is 1.39. The number of hydroxylamine groups is 2. The molecule has 0 rings (SSSR count). The van der Waals surface area contributed by atoms with Gasteiger partial charge in [0, 0.05) is 12.6 Å². The fraction of sp³-hybridized carbons (Fsp3) is 1.00. The molecule has 4 nitrogen and oxygen atoms in total. The van der Waals surface area contributed by atoms with Crippen LogP contribution in [0.1, 0.15) is 6.92 Å². The Bertz CT molecular complexity index is 41.9. The van der Waals surface area contributed by atoms with Crippen molar-refractivity contribution in [3.8, 4) is 0 Å². The predicted molar refractivity (Wildman–Crippen MR) is 24.2 cm³/mol. The molecule has 0 radical (unpaired) electrons. The van der Waals surface area contributed by atoms with Gasteiger partial charge >= 0.3 is 0 Å². The molecule has 7 heavy (non-hydrogen) atoms. The minimum atomic E-state index is -0.106. The fourth-order valence-electron chi connectivity index (χ4n) is 0.183. The highest BCUT2D eigenvalue weighted by Gasteiger charge is 1.93. The van der Waals surface area contributed by atoms with Gasteiger partial charge in [0.15, 0.2) is 0 Å². The lowest BCUT2D eigenvalue weighted by Gasteiger charge is -2.04. The van der Waals surface area contributed by atoms with Crippen LogP contribution in [0.4, 0.5) is 0 Å². The molecule has 0 aliphatic carbocycles. The van der Waals surface area contributed by atoms with Gasteiger partial charge in [-0.2, -0.15) is 0 Å². The third kappa shape index (κ3) is 3.68. The molecular weight excluding hydrogens is 96.0 g/mol. The molecule has 0 aromatic rings. The Labute approximate surface area is 42.1 Å². The summed E-state index contributed by atoms with van der Waals surface area (Å²) in [4.78, 5) is 0. The fourth-order valence-corrected chi connectivity index (χ4v) is 0.183. The molecule has 0 fully saturated rings. The van der Waals surface area contributed by atoms with Gasteiger partial charge in [-0.1, -0.05) is 0 Å². The molecule has 0 spiro atoms. The van der Waals surface area contributed by atoms with Crippen LogP contribution in [-0.2, 0) is 0 Å². The van der Waals surface area contributed by atoms with Gasteiger partial charge < -0.3 is 10.4 Å². The van der Waals surface area contributed by atoms with Crippen LogP contribution in [0, 0.1) is 0 Å². The number of hydrogen-bond acceptors (Lipinski definition) is 4. The Morgan fingerprint density at radius 2 is 2.14 bits per heavy atom. The minimum Gasteiger partial charge on any atom is -0.317 e. The first kappa shape index (κ1) is 6.84. The Kier molecular flexibility index (Phi) is 3.92. The van der Waals surface area contributed by atoms with E-state index in [9.17, 15) is 0 Å². The van der Waals surface area contributed by atoms with Crippen LogP contribution in [0.3, 0.4) is 0 Å². The molecule has 1 atom stereocenters. The highest BCUT2D eigenvalue weighted by Crippen LogP contribution is 1.70. The Balaban J connectivity index is 2.83. The monoisotopic (exact) mass is 106 g/mol. The van der Waals surface area contributed by atoms with Crippen molar-refractivity contribution in [1.29, 1.82) is 0 Å². The number of nitrogens with one attached hydrogen (secondary N) is 2. The van der Waals surface area contributed by atoms with Crippen LogP contribution in [0.2, 0.25) is 0 Å². The molecular formula is C3H10N2O2. The maximum Gasteiger partial charge on any atom is 0.0439 e. The number of hydrogen-bond donors (Lipinski definition) is 4. The molecule has 0 aromatic heterocycles. The molecule has 4 N–H and O–H groups in total. The largest absolute Gasteiger partial charge is 0.317 e. The van der Waals surface area contributed by atoms with Gasteiger partial charge in [0.25, 0.3) is 0 Å². The summed E-state index contributed by atoms with van der Waals surface area (Å²) in [5, 5.41) is 16.0. The molecule has 0 saturated heterocycles. The van der Waals surface area contributed by atoms with E-state index in [4.69, 9.17) is 10.4 Å². The lowest BCUT2D eigenvalue weighted by Crippen LogP contribution is -2.32. The molecule has 4 heteroatoms. The van der Waals surface area contributed by atoms with Crippen molar-refractivity contribution in [3.05, 3.63) is 0 Å². The van der Waals surface area contributed by atoms with Crippen molar-refractivity contribution in [2.45, 2.75) is 13.0 Å². The van der Waals surface area contributed by atoms with Gasteiger partial charge in [-0.3, -0.25) is 0 Å². The van der Waals surface area contributed by atoms with Crippen LogP contribution in [0.5, 0.6) is 0 Å². The van der Waals surface area contributed by atoms with Crippen molar-refractivity contribution in [2.24, 2.45) is 0 Å². The van der Waals surface area contributed by atoms with E-state index in [0.29, 0.717) is 6.54 Å². The molecule has 0 aromatic carbocycles. The summed E-state index contributed by atoms with van der Waals surface area (Å²) in [6.45, 7) is 2.07. The summed E-state index contributed by atoms with van der Waals surface area (Å²) in [5.74, 6) is 0. The second-order valence-corrected chi connectivity index (χ2v) is 1.39. The molecule has 0 bridgehead atoms. The lowest BCUT2D eigenvalue weighted by molar-refractivity contribution is 0.0953. The van der Waals surface area contributed by atoms with Crippen molar-refractivity contribution < 1.29 is 10.4 Å². The van der Waals surface area contributed by atoms with E-state index in [1.54, 1.807) is 6.92 Å². The summed E-state index contributed by atoms with van der Waals surface area (Å²) >= 11 is 0. The maximum absolute atomic E-state index is 8.06. The average Bonchev–Trinajstić information content (AvgIpc) is 1.68. The van der Waals surface area contributed by atoms with Gasteiger partial charge in [-0.05, 0) is 6.92 Å². The molecule has 0 aliphatic heterocycles. The SMILES string of the molecule is CC(CNO)NO. The molecule has 44 valence electrons. The van der Waals surface area contributed by atoms with E-state index in [1.807, 2.05) is 11.0 Å². The zero-order chi connectivity index (χ0) is 5.70. The Morgan fingerprint density at radius 3 is 2.29 bits per heavy atom. The van der Waals surface area contributed by atoms with Gasteiger partial charge in [0.1, 0.15) is 0 Å². The van der Waals surface area contributed by atoms with Crippen molar-refractivity contribution in [3.63, 3.8) is 0 Å². The standard InChI is InChI=1S/C3H10N2O2/c1-3(5-7)2-4-6/h3-7H,2H2,1H3. The maximum atomic E-state index is 8.06. The van der Waals surface area contributed by atoms with E-state index >= 15 is 0 Å². The van der Waals surface area contributed by atoms with Crippen LogP contribution in [0.15, 0.2) is 0 Å². The summed E-state index contributed by atoms with van der Waals surface area (Å²) in [6, 6.07) is -0.106. The van der Waals surface area contributed by atoms with Crippen molar-refractivity contribution >= 4 is 0 Å². The van der Waals surface area contributed by atoms with Gasteiger partial charge in [0.2, 0.25) is 0 Å². The van der Waals surface area contributed by atoms with E-state index in [-0.39, 0.29) is 6.04 Å². The van der Waals surface area contributed by atoms with Crippen LogP contribution >= 0.6 is 0 Å². The average molecular weight is 106 g/mol. The predicted octanol–water partition coefficient (Wildman–Crippen LogP) is -0.667. The Hall–Kier alpha value is -0.160. The van der Waals surface area contributed by atoms with Gasteiger partial charge in [0.05, 0.1) is 0 Å². The molecule has 1 unspecified atom stereocenters. The first-order chi connectivity index (χ1) is 3.31. The molecule has 0 aliphatic rings. The highest BCUT2D eigenvalue weighted by molar-refractivity contribution is 4.51. The van der Waals surface area contributed by atoms with Crippen LogP contribution < -0.4 is 11.0 Å². The first-order valence-corrected chi connectivity index (χ1v) is 2.08. The van der Waals surface area contributed by atoms with Crippen LogP contribution in [0.25, 0.3) is 0 Å². The summed E-state index contributed by atoms with van der Waals surface area (Å²) in [6.07, 6.45) is 0. The summed E-state index contributed by atoms with van der Waals surface area (Å²) in [5.41, 5.74) is 3.84.